The van der Waals surface area contributed by atoms with Crippen molar-refractivity contribution >= 4 is 5.97 Å². The molecule has 0 radical (unpaired) electrons. The summed E-state index contributed by atoms with van der Waals surface area (Å²) in [5.74, 6) is -0.330. The van der Waals surface area contributed by atoms with E-state index in [1.54, 1.807) is 0 Å². The van der Waals surface area contributed by atoms with E-state index in [0.29, 0.717) is 18.8 Å². The van der Waals surface area contributed by atoms with Crippen LogP contribution < -0.4 is 10.5 Å². The third-order valence-corrected chi connectivity index (χ3v) is 2.80. The fraction of sp³-hybridized carbons (Fsp3) is 0.308. The van der Waals surface area contributed by atoms with Gasteiger partial charge in [0.25, 0.3) is 0 Å². The summed E-state index contributed by atoms with van der Waals surface area (Å²) < 4.78 is 6.86. The van der Waals surface area contributed by atoms with Gasteiger partial charge < -0.3 is 15.6 Å². The molecule has 0 fully saturated rings. The summed E-state index contributed by atoms with van der Waals surface area (Å²) in [5, 5.41) is 16.5. The van der Waals surface area contributed by atoms with Crippen LogP contribution >= 0.6 is 0 Å². The third-order valence-electron chi connectivity index (χ3n) is 2.80. The Morgan fingerprint density at radius 3 is 2.65 bits per heavy atom. The van der Waals surface area contributed by atoms with Gasteiger partial charge in [-0.25, -0.2) is 9.48 Å². The van der Waals surface area contributed by atoms with Crippen LogP contribution in [0.2, 0.25) is 0 Å². The Morgan fingerprint density at radius 1 is 1.40 bits per heavy atom. The molecule has 1 aromatic carbocycles. The quantitative estimate of drug-likeness (QED) is 0.811. The molecule has 0 aliphatic carbocycles. The van der Waals surface area contributed by atoms with Crippen LogP contribution in [0.15, 0.2) is 24.3 Å². The molecule has 1 aromatic heterocycles. The molecule has 0 atom stereocenters. The summed E-state index contributed by atoms with van der Waals surface area (Å²) in [6, 6.07) is 7.51. The maximum atomic E-state index is 11.0. The predicted molar refractivity (Wildman–Crippen MR) is 71.6 cm³/mol. The van der Waals surface area contributed by atoms with E-state index in [1.807, 2.05) is 31.2 Å². The molecule has 0 unspecified atom stereocenters. The van der Waals surface area contributed by atoms with Gasteiger partial charge in [0.05, 0.1) is 18.8 Å². The van der Waals surface area contributed by atoms with E-state index in [-0.39, 0.29) is 12.2 Å². The first-order valence-electron chi connectivity index (χ1n) is 6.23. The zero-order chi connectivity index (χ0) is 14.5. The van der Waals surface area contributed by atoms with Crippen molar-refractivity contribution in [2.75, 3.05) is 6.61 Å². The predicted octanol–water partition coefficient (Wildman–Crippen LogP) is 0.882. The van der Waals surface area contributed by atoms with Crippen LogP contribution in [0.25, 0.3) is 0 Å². The molecule has 7 heteroatoms. The maximum Gasteiger partial charge on any atom is 0.358 e. The number of nitrogens with zero attached hydrogens (tertiary/aromatic N) is 3. The topological polar surface area (TPSA) is 103 Å². The highest BCUT2D eigenvalue weighted by Gasteiger charge is 2.17. The summed E-state index contributed by atoms with van der Waals surface area (Å²) in [7, 11) is 0. The number of carboxylic acids is 1. The molecule has 2 rings (SSSR count). The monoisotopic (exact) mass is 276 g/mol. The second-order valence-corrected chi connectivity index (χ2v) is 4.13. The SMILES string of the molecule is CCOc1ccc(Cn2nnc(C(=O)O)c2CN)cc1. The van der Waals surface area contributed by atoms with Crippen LogP contribution in [-0.2, 0) is 13.1 Å². The lowest BCUT2D eigenvalue weighted by molar-refractivity contribution is 0.0689. The van der Waals surface area contributed by atoms with E-state index in [9.17, 15) is 4.79 Å². The van der Waals surface area contributed by atoms with Crippen molar-refractivity contribution in [3.05, 3.63) is 41.2 Å². The minimum absolute atomic E-state index is 0.0751. The number of carbonyl (C=O) groups is 1. The highest BCUT2D eigenvalue weighted by molar-refractivity contribution is 5.86. The molecule has 106 valence electrons. The maximum absolute atomic E-state index is 11.0. The van der Waals surface area contributed by atoms with Crippen LogP contribution in [0, 0.1) is 0 Å². The third kappa shape index (κ3) is 2.94. The van der Waals surface area contributed by atoms with E-state index in [1.165, 1.54) is 4.68 Å². The molecular formula is C13H16N4O3. The Balaban J connectivity index is 2.19. The number of ether oxygens (including phenoxy) is 1. The van der Waals surface area contributed by atoms with E-state index in [4.69, 9.17) is 15.6 Å². The summed E-state index contributed by atoms with van der Waals surface area (Å²) in [5.41, 5.74) is 6.84. The first-order valence-corrected chi connectivity index (χ1v) is 6.23. The molecule has 0 spiro atoms. The van der Waals surface area contributed by atoms with Gasteiger partial charge in [-0.1, -0.05) is 17.3 Å². The lowest BCUT2D eigenvalue weighted by atomic mass is 10.2. The summed E-state index contributed by atoms with van der Waals surface area (Å²) in [6.07, 6.45) is 0. The number of hydrogen-bond acceptors (Lipinski definition) is 5. The van der Waals surface area contributed by atoms with Crippen molar-refractivity contribution in [1.29, 1.82) is 0 Å². The molecule has 0 amide bonds. The van der Waals surface area contributed by atoms with E-state index in [2.05, 4.69) is 10.3 Å². The van der Waals surface area contributed by atoms with Gasteiger partial charge in [-0.15, -0.1) is 5.10 Å². The number of carboxylic acid groups (broad SMARTS) is 1. The summed E-state index contributed by atoms with van der Waals surface area (Å²) >= 11 is 0. The Morgan fingerprint density at radius 2 is 2.10 bits per heavy atom. The van der Waals surface area contributed by atoms with Crippen molar-refractivity contribution in [3.63, 3.8) is 0 Å². The van der Waals surface area contributed by atoms with Gasteiger partial charge >= 0.3 is 5.97 Å². The molecule has 0 saturated heterocycles. The summed E-state index contributed by atoms with van der Waals surface area (Å²) in [4.78, 5) is 11.0. The minimum atomic E-state index is -1.12. The highest BCUT2D eigenvalue weighted by atomic mass is 16.5. The normalized spacial score (nSPS) is 10.5. The second kappa shape index (κ2) is 6.16. The number of nitrogens with two attached hydrogens (primary N) is 1. The standard InChI is InChI=1S/C13H16N4O3/c1-2-20-10-5-3-9(4-6-10)8-17-11(7-14)12(13(18)19)15-16-17/h3-6H,2,7-8,14H2,1H3,(H,18,19). The number of aromatic carboxylic acids is 1. The number of rotatable bonds is 6. The lowest BCUT2D eigenvalue weighted by Gasteiger charge is -2.07. The Kier molecular flexibility index (Phi) is 4.31. The van der Waals surface area contributed by atoms with E-state index in [0.717, 1.165) is 11.3 Å². The molecule has 0 bridgehead atoms. The molecule has 3 N–H and O–H groups in total. The molecule has 2 aromatic rings. The first kappa shape index (κ1) is 14.0. The smallest absolute Gasteiger partial charge is 0.358 e. The summed E-state index contributed by atoms with van der Waals surface area (Å²) in [6.45, 7) is 3.02. The molecule has 1 heterocycles. The largest absolute Gasteiger partial charge is 0.494 e. The average molecular weight is 276 g/mol. The Hall–Kier alpha value is -2.41. The average Bonchev–Trinajstić information content (AvgIpc) is 2.84. The lowest BCUT2D eigenvalue weighted by Crippen LogP contribution is -2.13. The van der Waals surface area contributed by atoms with E-state index < -0.39 is 5.97 Å². The van der Waals surface area contributed by atoms with Gasteiger partial charge in [0.15, 0.2) is 5.69 Å². The van der Waals surface area contributed by atoms with Gasteiger partial charge in [0.2, 0.25) is 0 Å². The Bertz CT molecular complexity index is 592. The van der Waals surface area contributed by atoms with Gasteiger partial charge in [0, 0.05) is 6.54 Å². The number of aromatic nitrogens is 3. The zero-order valence-corrected chi connectivity index (χ0v) is 11.1. The number of benzene rings is 1. The van der Waals surface area contributed by atoms with Crippen LogP contribution in [0.3, 0.4) is 0 Å². The van der Waals surface area contributed by atoms with E-state index >= 15 is 0 Å². The Labute approximate surface area is 116 Å². The molecule has 7 nitrogen and oxygen atoms in total. The van der Waals surface area contributed by atoms with Crippen molar-refractivity contribution in [1.82, 2.24) is 15.0 Å². The van der Waals surface area contributed by atoms with Gasteiger partial charge in [0.1, 0.15) is 5.75 Å². The molecule has 0 aliphatic rings. The van der Waals surface area contributed by atoms with Crippen LogP contribution in [0.4, 0.5) is 0 Å². The van der Waals surface area contributed by atoms with Gasteiger partial charge in [-0.3, -0.25) is 0 Å². The molecular weight excluding hydrogens is 260 g/mol. The molecule has 0 saturated carbocycles. The van der Waals surface area contributed by atoms with Gasteiger partial charge in [-0.2, -0.15) is 0 Å². The van der Waals surface area contributed by atoms with Crippen molar-refractivity contribution in [2.24, 2.45) is 5.73 Å². The highest BCUT2D eigenvalue weighted by Crippen LogP contribution is 2.14. The van der Waals surface area contributed by atoms with Crippen LogP contribution in [-0.4, -0.2) is 32.7 Å². The van der Waals surface area contributed by atoms with Crippen LogP contribution in [0.1, 0.15) is 28.7 Å². The zero-order valence-electron chi connectivity index (χ0n) is 11.1. The molecule has 0 aliphatic heterocycles. The number of hydrogen-bond donors (Lipinski definition) is 2. The molecule has 20 heavy (non-hydrogen) atoms. The van der Waals surface area contributed by atoms with Crippen molar-refractivity contribution in [2.45, 2.75) is 20.0 Å². The van der Waals surface area contributed by atoms with Crippen LogP contribution in [0.5, 0.6) is 5.75 Å². The first-order chi connectivity index (χ1) is 9.65. The second-order valence-electron chi connectivity index (χ2n) is 4.13. The van der Waals surface area contributed by atoms with Crippen molar-refractivity contribution < 1.29 is 14.6 Å². The van der Waals surface area contributed by atoms with Crippen molar-refractivity contribution in [3.8, 4) is 5.75 Å². The van der Waals surface area contributed by atoms with Gasteiger partial charge in [-0.05, 0) is 24.6 Å². The fourth-order valence-corrected chi connectivity index (χ4v) is 1.86. The minimum Gasteiger partial charge on any atom is -0.494 e. The fourth-order valence-electron chi connectivity index (χ4n) is 1.86.